The SMILES string of the molecule is CCCCO[C@@H]1CCC[C@H]1N. The third kappa shape index (κ3) is 2.80. The molecule has 0 aliphatic heterocycles. The summed E-state index contributed by atoms with van der Waals surface area (Å²) in [4.78, 5) is 0. The van der Waals surface area contributed by atoms with Crippen molar-refractivity contribution in [3.05, 3.63) is 0 Å². The number of nitrogens with two attached hydrogens (primary N) is 1. The molecule has 2 N–H and O–H groups in total. The third-order valence-electron chi connectivity index (χ3n) is 2.33. The summed E-state index contributed by atoms with van der Waals surface area (Å²) >= 11 is 0. The number of ether oxygens (including phenoxy) is 1. The van der Waals surface area contributed by atoms with Crippen LogP contribution in [0.25, 0.3) is 0 Å². The normalized spacial score (nSPS) is 31.1. The minimum absolute atomic E-state index is 0.312. The van der Waals surface area contributed by atoms with Crippen LogP contribution < -0.4 is 5.73 Å². The van der Waals surface area contributed by atoms with Crippen LogP contribution in [0.1, 0.15) is 39.0 Å². The Labute approximate surface area is 69.1 Å². The van der Waals surface area contributed by atoms with Crippen molar-refractivity contribution in [2.24, 2.45) is 5.73 Å². The molecule has 66 valence electrons. The molecule has 0 saturated heterocycles. The molecule has 0 aromatic heterocycles. The van der Waals surface area contributed by atoms with E-state index in [4.69, 9.17) is 10.5 Å². The molecule has 0 aromatic rings. The van der Waals surface area contributed by atoms with Crippen LogP contribution in [0.4, 0.5) is 0 Å². The van der Waals surface area contributed by atoms with E-state index in [2.05, 4.69) is 6.92 Å². The van der Waals surface area contributed by atoms with E-state index >= 15 is 0 Å². The summed E-state index contributed by atoms with van der Waals surface area (Å²) in [6.07, 6.45) is 6.31. The average molecular weight is 157 g/mol. The van der Waals surface area contributed by atoms with E-state index in [1.54, 1.807) is 0 Å². The van der Waals surface area contributed by atoms with Gasteiger partial charge in [0.2, 0.25) is 0 Å². The van der Waals surface area contributed by atoms with Crippen LogP contribution in [0.2, 0.25) is 0 Å². The van der Waals surface area contributed by atoms with Crippen molar-refractivity contribution in [3.8, 4) is 0 Å². The van der Waals surface area contributed by atoms with Gasteiger partial charge in [0.1, 0.15) is 0 Å². The van der Waals surface area contributed by atoms with Gasteiger partial charge in [0.15, 0.2) is 0 Å². The molecule has 0 amide bonds. The summed E-state index contributed by atoms with van der Waals surface area (Å²) < 4.78 is 5.63. The predicted molar refractivity (Wildman–Crippen MR) is 46.5 cm³/mol. The Hall–Kier alpha value is -0.0800. The maximum Gasteiger partial charge on any atom is 0.0725 e. The lowest BCUT2D eigenvalue weighted by molar-refractivity contribution is 0.0463. The molecule has 2 heteroatoms. The van der Waals surface area contributed by atoms with Gasteiger partial charge in [-0.25, -0.2) is 0 Å². The van der Waals surface area contributed by atoms with Gasteiger partial charge in [0.05, 0.1) is 6.10 Å². The first-order valence-corrected chi connectivity index (χ1v) is 4.71. The molecular weight excluding hydrogens is 138 g/mol. The molecule has 2 nitrogen and oxygen atoms in total. The Morgan fingerprint density at radius 2 is 2.27 bits per heavy atom. The van der Waals surface area contributed by atoms with Gasteiger partial charge < -0.3 is 10.5 Å². The molecule has 0 aromatic carbocycles. The van der Waals surface area contributed by atoms with Gasteiger partial charge in [-0.1, -0.05) is 13.3 Å². The second-order valence-corrected chi connectivity index (χ2v) is 3.36. The maximum absolute atomic E-state index is 5.84. The third-order valence-corrected chi connectivity index (χ3v) is 2.33. The molecule has 0 spiro atoms. The Balaban J connectivity index is 2.05. The lowest BCUT2D eigenvalue weighted by Gasteiger charge is -2.15. The van der Waals surface area contributed by atoms with Gasteiger partial charge >= 0.3 is 0 Å². The van der Waals surface area contributed by atoms with E-state index < -0.39 is 0 Å². The van der Waals surface area contributed by atoms with E-state index in [0.29, 0.717) is 12.1 Å². The monoisotopic (exact) mass is 157 g/mol. The van der Waals surface area contributed by atoms with Crippen molar-refractivity contribution in [3.63, 3.8) is 0 Å². The van der Waals surface area contributed by atoms with E-state index in [9.17, 15) is 0 Å². The fourth-order valence-electron chi connectivity index (χ4n) is 1.54. The lowest BCUT2D eigenvalue weighted by atomic mass is 10.2. The zero-order chi connectivity index (χ0) is 8.10. The number of rotatable bonds is 4. The molecule has 0 unspecified atom stereocenters. The zero-order valence-corrected chi connectivity index (χ0v) is 7.38. The fourth-order valence-corrected chi connectivity index (χ4v) is 1.54. The maximum atomic E-state index is 5.84. The minimum atomic E-state index is 0.312. The van der Waals surface area contributed by atoms with E-state index in [0.717, 1.165) is 13.0 Å². The average Bonchev–Trinajstić information content (AvgIpc) is 2.37. The molecule has 1 aliphatic carbocycles. The first kappa shape index (κ1) is 9.01. The summed E-state index contributed by atoms with van der Waals surface area (Å²) in [5, 5.41) is 0. The predicted octanol–water partition coefficient (Wildman–Crippen LogP) is 1.68. The molecule has 1 fully saturated rings. The second-order valence-electron chi connectivity index (χ2n) is 3.36. The van der Waals surface area contributed by atoms with Gasteiger partial charge in [-0.05, 0) is 25.7 Å². The standard InChI is InChI=1S/C9H19NO/c1-2-3-7-11-9-6-4-5-8(9)10/h8-9H,2-7,10H2,1H3/t8-,9-/m1/s1. The van der Waals surface area contributed by atoms with Crippen LogP contribution in [-0.4, -0.2) is 18.8 Å². The Kier molecular flexibility index (Phi) is 3.87. The van der Waals surface area contributed by atoms with Crippen LogP contribution in [0.5, 0.6) is 0 Å². The number of unbranched alkanes of at least 4 members (excludes halogenated alkanes) is 1. The highest BCUT2D eigenvalue weighted by Crippen LogP contribution is 2.20. The second kappa shape index (κ2) is 4.73. The van der Waals surface area contributed by atoms with Crippen molar-refractivity contribution in [1.82, 2.24) is 0 Å². The van der Waals surface area contributed by atoms with E-state index in [1.807, 2.05) is 0 Å². The van der Waals surface area contributed by atoms with Crippen LogP contribution in [-0.2, 0) is 4.74 Å². The van der Waals surface area contributed by atoms with Crippen LogP contribution in [0.3, 0.4) is 0 Å². The smallest absolute Gasteiger partial charge is 0.0725 e. The van der Waals surface area contributed by atoms with E-state index in [1.165, 1.54) is 25.7 Å². The Morgan fingerprint density at radius 1 is 1.45 bits per heavy atom. The lowest BCUT2D eigenvalue weighted by Crippen LogP contribution is -2.31. The molecule has 0 heterocycles. The summed E-state index contributed by atoms with van der Waals surface area (Å²) in [6, 6.07) is 0.312. The Bertz CT molecular complexity index is 106. The Morgan fingerprint density at radius 3 is 2.82 bits per heavy atom. The van der Waals surface area contributed by atoms with Crippen molar-refractivity contribution >= 4 is 0 Å². The molecule has 1 aliphatic rings. The molecule has 11 heavy (non-hydrogen) atoms. The first-order chi connectivity index (χ1) is 5.34. The van der Waals surface area contributed by atoms with Crippen molar-refractivity contribution in [2.45, 2.75) is 51.2 Å². The molecule has 0 bridgehead atoms. The van der Waals surface area contributed by atoms with Gasteiger partial charge in [0, 0.05) is 12.6 Å². The number of hydrogen-bond acceptors (Lipinski definition) is 2. The van der Waals surface area contributed by atoms with Gasteiger partial charge in [-0.15, -0.1) is 0 Å². The molecular formula is C9H19NO. The van der Waals surface area contributed by atoms with Crippen molar-refractivity contribution in [1.29, 1.82) is 0 Å². The van der Waals surface area contributed by atoms with Gasteiger partial charge in [0.25, 0.3) is 0 Å². The first-order valence-electron chi connectivity index (χ1n) is 4.71. The van der Waals surface area contributed by atoms with Gasteiger partial charge in [-0.3, -0.25) is 0 Å². The quantitative estimate of drug-likeness (QED) is 0.630. The van der Waals surface area contributed by atoms with Crippen LogP contribution in [0.15, 0.2) is 0 Å². The summed E-state index contributed by atoms with van der Waals surface area (Å²) in [5.41, 5.74) is 5.84. The topological polar surface area (TPSA) is 35.2 Å². The summed E-state index contributed by atoms with van der Waals surface area (Å²) in [5.74, 6) is 0. The zero-order valence-electron chi connectivity index (χ0n) is 7.38. The largest absolute Gasteiger partial charge is 0.377 e. The molecule has 1 saturated carbocycles. The van der Waals surface area contributed by atoms with Crippen molar-refractivity contribution in [2.75, 3.05) is 6.61 Å². The van der Waals surface area contributed by atoms with E-state index in [-0.39, 0.29) is 0 Å². The van der Waals surface area contributed by atoms with Crippen LogP contribution in [0, 0.1) is 0 Å². The van der Waals surface area contributed by atoms with Crippen LogP contribution >= 0.6 is 0 Å². The van der Waals surface area contributed by atoms with Gasteiger partial charge in [-0.2, -0.15) is 0 Å². The molecule has 0 radical (unpaired) electrons. The summed E-state index contributed by atoms with van der Waals surface area (Å²) in [6.45, 7) is 3.08. The highest BCUT2D eigenvalue weighted by molar-refractivity contribution is 4.80. The molecule has 2 atom stereocenters. The highest BCUT2D eigenvalue weighted by Gasteiger charge is 2.23. The molecule has 1 rings (SSSR count). The van der Waals surface area contributed by atoms with Crippen molar-refractivity contribution < 1.29 is 4.74 Å². The minimum Gasteiger partial charge on any atom is -0.377 e. The summed E-state index contributed by atoms with van der Waals surface area (Å²) in [7, 11) is 0. The highest BCUT2D eigenvalue weighted by atomic mass is 16.5. The number of hydrogen-bond donors (Lipinski definition) is 1. The fraction of sp³-hybridized carbons (Fsp3) is 1.00.